The van der Waals surface area contributed by atoms with Gasteiger partial charge in [0, 0.05) is 4.88 Å². The van der Waals surface area contributed by atoms with Gasteiger partial charge in [0.25, 0.3) is 0 Å². The zero-order valence-electron chi connectivity index (χ0n) is 10.9. The number of ether oxygens (including phenoxy) is 2. The highest BCUT2D eigenvalue weighted by atomic mass is 35.6. The first-order valence-corrected chi connectivity index (χ1v) is 7.56. The summed E-state index contributed by atoms with van der Waals surface area (Å²) in [5, 5.41) is 4.14. The number of esters is 1. The topological polar surface area (TPSA) is 64.6 Å². The maximum absolute atomic E-state index is 11.8. The Labute approximate surface area is 140 Å². The largest absolute Gasteiger partial charge is 0.467 e. The number of alkyl halides is 3. The molecule has 1 rings (SSSR count). The molecule has 9 heteroatoms. The number of nitrogens with one attached hydrogen (secondary N) is 1. The average molecular weight is 373 g/mol. The van der Waals surface area contributed by atoms with Crippen LogP contribution in [0.3, 0.4) is 0 Å². The summed E-state index contributed by atoms with van der Waals surface area (Å²) in [6.45, 7) is 3.33. The Morgan fingerprint density at radius 2 is 2.14 bits per heavy atom. The molecule has 0 fully saturated rings. The molecule has 21 heavy (non-hydrogen) atoms. The second kappa shape index (κ2) is 7.89. The van der Waals surface area contributed by atoms with Crippen molar-refractivity contribution < 1.29 is 19.1 Å². The summed E-state index contributed by atoms with van der Waals surface area (Å²) in [7, 11) is 1.20. The SMILES string of the molecule is C=C(c1cccs1)C(NC(=O)OCC(Cl)(Cl)Cl)C(=O)OC. The van der Waals surface area contributed by atoms with Crippen molar-refractivity contribution in [1.29, 1.82) is 0 Å². The zero-order valence-corrected chi connectivity index (χ0v) is 14.0. The lowest BCUT2D eigenvalue weighted by Gasteiger charge is -2.19. The molecule has 1 atom stereocenters. The van der Waals surface area contributed by atoms with E-state index in [0.29, 0.717) is 5.57 Å². The van der Waals surface area contributed by atoms with Crippen molar-refractivity contribution in [2.24, 2.45) is 0 Å². The first kappa shape index (κ1) is 18.1. The third kappa shape index (κ3) is 6.13. The first-order valence-electron chi connectivity index (χ1n) is 5.55. The van der Waals surface area contributed by atoms with Gasteiger partial charge in [-0.25, -0.2) is 9.59 Å². The summed E-state index contributed by atoms with van der Waals surface area (Å²) in [6, 6.07) is 2.47. The monoisotopic (exact) mass is 371 g/mol. The predicted octanol–water partition coefficient (Wildman–Crippen LogP) is 3.40. The van der Waals surface area contributed by atoms with Crippen molar-refractivity contribution in [2.75, 3.05) is 13.7 Å². The molecule has 1 unspecified atom stereocenters. The molecule has 1 heterocycles. The summed E-state index contributed by atoms with van der Waals surface area (Å²) in [6.07, 6.45) is -0.922. The summed E-state index contributed by atoms with van der Waals surface area (Å²) < 4.78 is 7.61. The van der Waals surface area contributed by atoms with Gasteiger partial charge in [-0.2, -0.15) is 0 Å². The van der Waals surface area contributed by atoms with Crippen molar-refractivity contribution in [3.63, 3.8) is 0 Å². The van der Waals surface area contributed by atoms with Gasteiger partial charge in [0.2, 0.25) is 3.79 Å². The fraction of sp³-hybridized carbons (Fsp3) is 0.333. The highest BCUT2D eigenvalue weighted by Gasteiger charge is 2.28. The maximum atomic E-state index is 11.8. The summed E-state index contributed by atoms with van der Waals surface area (Å²) >= 11 is 17.8. The Morgan fingerprint density at radius 3 is 2.62 bits per heavy atom. The van der Waals surface area contributed by atoms with Crippen molar-refractivity contribution in [1.82, 2.24) is 5.32 Å². The van der Waals surface area contributed by atoms with Crippen LogP contribution < -0.4 is 5.32 Å². The number of thiophene rings is 1. The molecule has 1 aromatic heterocycles. The Kier molecular flexibility index (Phi) is 6.80. The van der Waals surface area contributed by atoms with Crippen LogP contribution in [0.2, 0.25) is 0 Å². The van der Waals surface area contributed by atoms with E-state index >= 15 is 0 Å². The smallest absolute Gasteiger partial charge is 0.408 e. The van der Waals surface area contributed by atoms with E-state index in [1.165, 1.54) is 18.4 Å². The fourth-order valence-corrected chi connectivity index (χ4v) is 2.21. The van der Waals surface area contributed by atoms with Gasteiger partial charge in [0.1, 0.15) is 6.61 Å². The Bertz CT molecular complexity index is 513. The van der Waals surface area contributed by atoms with Crippen molar-refractivity contribution in [2.45, 2.75) is 9.83 Å². The number of amides is 1. The summed E-state index contributed by atoms with van der Waals surface area (Å²) in [5.41, 5.74) is 0.377. The summed E-state index contributed by atoms with van der Waals surface area (Å²) in [5.74, 6) is -0.681. The van der Waals surface area contributed by atoms with Crippen LogP contribution in [-0.2, 0) is 14.3 Å². The molecule has 1 amide bonds. The van der Waals surface area contributed by atoms with Gasteiger partial charge in [-0.05, 0) is 17.0 Å². The maximum Gasteiger partial charge on any atom is 0.408 e. The van der Waals surface area contributed by atoms with Crippen molar-refractivity contribution in [3.8, 4) is 0 Å². The van der Waals surface area contributed by atoms with Crippen LogP contribution in [-0.4, -0.2) is 35.6 Å². The molecule has 0 saturated carbocycles. The molecule has 1 aromatic rings. The van der Waals surface area contributed by atoms with Crippen LogP contribution in [0.25, 0.3) is 5.57 Å². The minimum Gasteiger partial charge on any atom is -0.467 e. The molecule has 1 N–H and O–H groups in total. The lowest BCUT2D eigenvalue weighted by Crippen LogP contribution is -2.43. The number of hydrogen-bond donors (Lipinski definition) is 1. The standard InChI is InChI=1S/C12H12Cl3NO4S/c1-7(8-4-3-5-21-8)9(10(17)19-2)16-11(18)20-6-12(13,14)15/h3-5,9H,1,6H2,2H3,(H,16,18). The van der Waals surface area contributed by atoms with Crippen LogP contribution in [0.15, 0.2) is 24.1 Å². The van der Waals surface area contributed by atoms with E-state index in [4.69, 9.17) is 39.5 Å². The molecule has 0 aromatic carbocycles. The third-order valence-corrected chi connectivity index (χ3v) is 3.52. The molecular weight excluding hydrogens is 361 g/mol. The number of methoxy groups -OCH3 is 1. The van der Waals surface area contributed by atoms with Crippen LogP contribution in [0.4, 0.5) is 4.79 Å². The van der Waals surface area contributed by atoms with E-state index in [9.17, 15) is 9.59 Å². The molecule has 0 aliphatic heterocycles. The molecule has 0 aliphatic rings. The van der Waals surface area contributed by atoms with Gasteiger partial charge in [-0.15, -0.1) is 11.3 Å². The zero-order chi connectivity index (χ0) is 16.0. The molecule has 5 nitrogen and oxygen atoms in total. The molecule has 0 radical (unpaired) electrons. The first-order chi connectivity index (χ1) is 9.74. The lowest BCUT2D eigenvalue weighted by molar-refractivity contribution is -0.141. The van der Waals surface area contributed by atoms with E-state index in [1.54, 1.807) is 12.1 Å². The van der Waals surface area contributed by atoms with Gasteiger partial charge >= 0.3 is 12.1 Å². The minimum absolute atomic E-state index is 0.377. The molecule has 0 bridgehead atoms. The second-order valence-corrected chi connectivity index (χ2v) is 7.26. The highest BCUT2D eigenvalue weighted by molar-refractivity contribution is 7.11. The number of halogens is 3. The predicted molar refractivity (Wildman–Crippen MR) is 83.9 cm³/mol. The number of rotatable bonds is 5. The highest BCUT2D eigenvalue weighted by Crippen LogP contribution is 2.26. The van der Waals surface area contributed by atoms with Crippen LogP contribution in [0, 0.1) is 0 Å². The number of carbonyl (C=O) groups excluding carboxylic acids is 2. The normalized spacial score (nSPS) is 12.4. The van der Waals surface area contributed by atoms with E-state index in [1.807, 2.05) is 5.38 Å². The molecule has 116 valence electrons. The third-order valence-electron chi connectivity index (χ3n) is 2.25. The second-order valence-electron chi connectivity index (χ2n) is 3.79. The number of alkyl carbamates (subject to hydrolysis) is 1. The average Bonchev–Trinajstić information content (AvgIpc) is 2.94. The van der Waals surface area contributed by atoms with E-state index in [2.05, 4.69) is 16.6 Å². The van der Waals surface area contributed by atoms with Gasteiger partial charge in [0.05, 0.1) is 7.11 Å². The number of hydrogen-bond acceptors (Lipinski definition) is 5. The molecule has 0 spiro atoms. The minimum atomic E-state index is -1.73. The number of carbonyl (C=O) groups is 2. The van der Waals surface area contributed by atoms with E-state index < -0.39 is 28.5 Å². The lowest BCUT2D eigenvalue weighted by atomic mass is 10.1. The van der Waals surface area contributed by atoms with Crippen LogP contribution in [0.1, 0.15) is 4.88 Å². The molecule has 0 saturated heterocycles. The van der Waals surface area contributed by atoms with Crippen molar-refractivity contribution >= 4 is 63.8 Å². The quantitative estimate of drug-likeness (QED) is 0.635. The Balaban J connectivity index is 2.73. The van der Waals surface area contributed by atoms with Gasteiger partial charge < -0.3 is 14.8 Å². The van der Waals surface area contributed by atoms with Crippen LogP contribution in [0.5, 0.6) is 0 Å². The fourth-order valence-electron chi connectivity index (χ4n) is 1.32. The van der Waals surface area contributed by atoms with E-state index in [0.717, 1.165) is 4.88 Å². The van der Waals surface area contributed by atoms with Gasteiger partial charge in [0.15, 0.2) is 6.04 Å². The van der Waals surface area contributed by atoms with Crippen LogP contribution >= 0.6 is 46.1 Å². The van der Waals surface area contributed by atoms with Crippen molar-refractivity contribution in [3.05, 3.63) is 29.0 Å². The van der Waals surface area contributed by atoms with Gasteiger partial charge in [-0.1, -0.05) is 47.4 Å². The Hall–Kier alpha value is -0.950. The van der Waals surface area contributed by atoms with E-state index in [-0.39, 0.29) is 0 Å². The molecule has 0 aliphatic carbocycles. The van der Waals surface area contributed by atoms with Gasteiger partial charge in [-0.3, -0.25) is 0 Å². The molecular formula is C12H12Cl3NO4S. The summed E-state index contributed by atoms with van der Waals surface area (Å²) in [4.78, 5) is 24.1. The Morgan fingerprint density at radius 1 is 1.48 bits per heavy atom.